The average Bonchev–Trinajstić information content (AvgIpc) is 2.72. The Morgan fingerprint density at radius 1 is 1.04 bits per heavy atom. The lowest BCUT2D eigenvalue weighted by Gasteiger charge is -2.28. The minimum Gasteiger partial charge on any atom is -0.372 e. The molecule has 0 atom stereocenters. The van der Waals surface area contributed by atoms with Gasteiger partial charge in [-0.3, -0.25) is 9.78 Å². The monoisotopic (exact) mass is 366 g/mol. The van der Waals surface area contributed by atoms with Crippen molar-refractivity contribution in [1.82, 2.24) is 10.3 Å². The van der Waals surface area contributed by atoms with Crippen LogP contribution in [0.1, 0.15) is 55.9 Å². The molecule has 0 bridgehead atoms. The first kappa shape index (κ1) is 19.2. The number of nitrogens with zero attached hydrogens (tertiary/aromatic N) is 2. The molecular weight excluding hydrogens is 336 g/mol. The molecular formula is C22H30N4O. The van der Waals surface area contributed by atoms with Gasteiger partial charge < -0.3 is 15.5 Å². The Hall–Kier alpha value is -2.56. The first-order valence-corrected chi connectivity index (χ1v) is 10.1. The summed E-state index contributed by atoms with van der Waals surface area (Å²) in [6, 6.07) is 12.2. The topological polar surface area (TPSA) is 57.3 Å². The van der Waals surface area contributed by atoms with Gasteiger partial charge in [-0.2, -0.15) is 0 Å². The number of rotatable bonds is 8. The van der Waals surface area contributed by atoms with E-state index >= 15 is 0 Å². The summed E-state index contributed by atoms with van der Waals surface area (Å²) in [6.45, 7) is 5.14. The lowest BCUT2D eigenvalue weighted by Crippen LogP contribution is -2.29. The highest BCUT2D eigenvalue weighted by Gasteiger charge is 2.11. The van der Waals surface area contributed by atoms with Gasteiger partial charge in [-0.25, -0.2) is 0 Å². The molecule has 3 rings (SSSR count). The van der Waals surface area contributed by atoms with E-state index in [2.05, 4.69) is 51.7 Å². The van der Waals surface area contributed by atoms with E-state index in [-0.39, 0.29) is 5.91 Å². The fraction of sp³-hybridized carbons (Fsp3) is 0.455. The summed E-state index contributed by atoms with van der Waals surface area (Å²) >= 11 is 0. The minimum absolute atomic E-state index is 0.116. The predicted octanol–water partition coefficient (Wildman–Crippen LogP) is 4.74. The average molecular weight is 367 g/mol. The summed E-state index contributed by atoms with van der Waals surface area (Å²) in [6.07, 6.45) is 8.84. The van der Waals surface area contributed by atoms with E-state index in [4.69, 9.17) is 0 Å². The van der Waals surface area contributed by atoms with Gasteiger partial charge >= 0.3 is 0 Å². The third kappa shape index (κ3) is 5.71. The van der Waals surface area contributed by atoms with Gasteiger partial charge in [-0.15, -0.1) is 0 Å². The molecule has 1 aromatic carbocycles. The van der Waals surface area contributed by atoms with Crippen molar-refractivity contribution in [2.24, 2.45) is 0 Å². The molecule has 5 heteroatoms. The number of carbonyl (C=O) groups excluding carboxylic acids is 1. The molecule has 5 nitrogen and oxygen atoms in total. The van der Waals surface area contributed by atoms with E-state index in [0.29, 0.717) is 12.2 Å². The van der Waals surface area contributed by atoms with Crippen LogP contribution in [0.5, 0.6) is 0 Å². The van der Waals surface area contributed by atoms with Crippen LogP contribution in [0.25, 0.3) is 0 Å². The van der Waals surface area contributed by atoms with Crippen molar-refractivity contribution < 1.29 is 4.79 Å². The molecule has 1 fully saturated rings. The fourth-order valence-electron chi connectivity index (χ4n) is 3.37. The smallest absolute Gasteiger partial charge is 0.269 e. The zero-order chi connectivity index (χ0) is 18.9. The van der Waals surface area contributed by atoms with Crippen molar-refractivity contribution >= 4 is 23.0 Å². The molecule has 0 unspecified atom stereocenters. The van der Waals surface area contributed by atoms with Crippen LogP contribution in [-0.4, -0.2) is 30.5 Å². The first-order chi connectivity index (χ1) is 13.3. The number of carbonyl (C=O) groups is 1. The molecule has 1 aliphatic heterocycles. The third-order valence-corrected chi connectivity index (χ3v) is 4.94. The Kier molecular flexibility index (Phi) is 7.08. The van der Waals surface area contributed by atoms with E-state index in [1.165, 1.54) is 24.9 Å². The number of nitrogens with one attached hydrogen (secondary N) is 2. The molecule has 0 aliphatic carbocycles. The summed E-state index contributed by atoms with van der Waals surface area (Å²) in [5.74, 6) is -0.116. The summed E-state index contributed by atoms with van der Waals surface area (Å²) in [7, 11) is 0. The van der Waals surface area contributed by atoms with Gasteiger partial charge in [-0.1, -0.05) is 19.8 Å². The van der Waals surface area contributed by atoms with Crippen LogP contribution in [0.4, 0.5) is 17.1 Å². The molecule has 144 valence electrons. The number of unbranched alkanes of at least 4 members (excludes halogenated alkanes) is 2. The summed E-state index contributed by atoms with van der Waals surface area (Å²) in [5, 5.41) is 6.30. The highest BCUT2D eigenvalue weighted by Crippen LogP contribution is 2.23. The maximum absolute atomic E-state index is 12.2. The Morgan fingerprint density at radius 2 is 1.81 bits per heavy atom. The highest BCUT2D eigenvalue weighted by molar-refractivity contribution is 5.93. The van der Waals surface area contributed by atoms with Gasteiger partial charge in [0, 0.05) is 42.9 Å². The second kappa shape index (κ2) is 9.95. The van der Waals surface area contributed by atoms with Gasteiger partial charge in [0.25, 0.3) is 5.91 Å². The molecule has 1 amide bonds. The van der Waals surface area contributed by atoms with Crippen LogP contribution < -0.4 is 15.5 Å². The Morgan fingerprint density at radius 3 is 2.56 bits per heavy atom. The van der Waals surface area contributed by atoms with Gasteiger partial charge in [0.2, 0.25) is 0 Å². The SMILES string of the molecule is CCCCCNC(=O)c1cc(Nc2ccc(N3CCCCC3)cc2)ccn1. The fourth-order valence-corrected chi connectivity index (χ4v) is 3.37. The van der Waals surface area contributed by atoms with Crippen molar-refractivity contribution in [3.63, 3.8) is 0 Å². The lowest BCUT2D eigenvalue weighted by atomic mass is 10.1. The summed E-state index contributed by atoms with van der Waals surface area (Å²) in [5.41, 5.74) is 3.61. The van der Waals surface area contributed by atoms with Crippen molar-refractivity contribution in [2.75, 3.05) is 29.9 Å². The molecule has 2 heterocycles. The molecule has 2 N–H and O–H groups in total. The van der Waals surface area contributed by atoms with E-state index in [0.717, 1.165) is 43.7 Å². The van der Waals surface area contributed by atoms with E-state index in [9.17, 15) is 4.79 Å². The second-order valence-corrected chi connectivity index (χ2v) is 7.11. The van der Waals surface area contributed by atoms with E-state index in [1.54, 1.807) is 12.3 Å². The summed E-state index contributed by atoms with van der Waals surface area (Å²) < 4.78 is 0. The van der Waals surface area contributed by atoms with Crippen LogP contribution in [-0.2, 0) is 0 Å². The quantitative estimate of drug-likeness (QED) is 0.663. The van der Waals surface area contributed by atoms with E-state index < -0.39 is 0 Å². The maximum atomic E-state index is 12.2. The Balaban J connectivity index is 1.58. The molecule has 1 saturated heterocycles. The summed E-state index contributed by atoms with van der Waals surface area (Å²) in [4.78, 5) is 18.9. The lowest BCUT2D eigenvalue weighted by molar-refractivity contribution is 0.0948. The van der Waals surface area contributed by atoms with Gasteiger partial charge in [0.1, 0.15) is 5.69 Å². The van der Waals surface area contributed by atoms with Crippen molar-refractivity contribution in [2.45, 2.75) is 45.4 Å². The van der Waals surface area contributed by atoms with Gasteiger partial charge in [0.05, 0.1) is 0 Å². The second-order valence-electron chi connectivity index (χ2n) is 7.11. The Bertz CT molecular complexity index is 723. The third-order valence-electron chi connectivity index (χ3n) is 4.94. The van der Waals surface area contributed by atoms with Gasteiger partial charge in [-0.05, 0) is 62.1 Å². The molecule has 27 heavy (non-hydrogen) atoms. The standard InChI is InChI=1S/C22H30N4O/c1-2-3-5-13-24-22(27)21-17-19(12-14-23-21)25-18-8-10-20(11-9-18)26-15-6-4-7-16-26/h8-12,14,17H,2-7,13,15-16H2,1H3,(H,23,25)(H,24,27). The molecule has 0 radical (unpaired) electrons. The number of anilines is 3. The number of piperidine rings is 1. The number of benzene rings is 1. The largest absolute Gasteiger partial charge is 0.372 e. The van der Waals surface area contributed by atoms with Crippen molar-refractivity contribution in [1.29, 1.82) is 0 Å². The zero-order valence-corrected chi connectivity index (χ0v) is 16.2. The van der Waals surface area contributed by atoms with Crippen LogP contribution in [0.15, 0.2) is 42.6 Å². The van der Waals surface area contributed by atoms with Crippen LogP contribution in [0.2, 0.25) is 0 Å². The molecule has 0 saturated carbocycles. The van der Waals surface area contributed by atoms with Crippen molar-refractivity contribution in [3.05, 3.63) is 48.3 Å². The zero-order valence-electron chi connectivity index (χ0n) is 16.2. The van der Waals surface area contributed by atoms with Crippen LogP contribution in [0, 0.1) is 0 Å². The Labute approximate surface area is 162 Å². The van der Waals surface area contributed by atoms with Crippen LogP contribution in [0.3, 0.4) is 0 Å². The molecule has 0 spiro atoms. The minimum atomic E-state index is -0.116. The predicted molar refractivity (Wildman–Crippen MR) is 112 cm³/mol. The number of aromatic nitrogens is 1. The van der Waals surface area contributed by atoms with E-state index in [1.807, 2.05) is 6.07 Å². The number of hydrogen-bond donors (Lipinski definition) is 2. The number of hydrogen-bond acceptors (Lipinski definition) is 4. The van der Waals surface area contributed by atoms with Crippen LogP contribution >= 0.6 is 0 Å². The van der Waals surface area contributed by atoms with Gasteiger partial charge in [0.15, 0.2) is 0 Å². The first-order valence-electron chi connectivity index (χ1n) is 10.1. The molecule has 1 aliphatic rings. The molecule has 1 aromatic heterocycles. The van der Waals surface area contributed by atoms with Crippen molar-refractivity contribution in [3.8, 4) is 0 Å². The normalized spacial score (nSPS) is 14.0. The number of amides is 1. The highest BCUT2D eigenvalue weighted by atomic mass is 16.1. The molecule has 2 aromatic rings. The maximum Gasteiger partial charge on any atom is 0.269 e. The number of pyridine rings is 1.